The number of fused-ring (bicyclic) bond motifs is 1. The first-order valence-corrected chi connectivity index (χ1v) is 6.91. The third kappa shape index (κ3) is 3.28. The van der Waals surface area contributed by atoms with E-state index in [-0.39, 0.29) is 24.2 Å². The molecule has 0 saturated carbocycles. The molecule has 1 amide bonds. The standard InChI is InChI=1S/C15H20N2O.ClH/c18-15(13-6-3-7-16-10-13)17-14-8-11-4-1-2-5-12(11)9-14;/h1-2,4-5,13-14,16H,3,6-10H2,(H,17,18);1H. The lowest BCUT2D eigenvalue weighted by Gasteiger charge is -2.23. The summed E-state index contributed by atoms with van der Waals surface area (Å²) in [5.41, 5.74) is 2.79. The SMILES string of the molecule is Cl.O=C(NC1Cc2ccccc2C1)C1CCCNC1. The van der Waals surface area contributed by atoms with Crippen LogP contribution in [0.3, 0.4) is 0 Å². The Morgan fingerprint density at radius 2 is 1.89 bits per heavy atom. The Morgan fingerprint density at radius 3 is 2.47 bits per heavy atom. The predicted octanol–water partition coefficient (Wildman–Crippen LogP) is 1.69. The van der Waals surface area contributed by atoms with Gasteiger partial charge in [0, 0.05) is 12.6 Å². The van der Waals surface area contributed by atoms with Gasteiger partial charge in [-0.05, 0) is 43.4 Å². The summed E-state index contributed by atoms with van der Waals surface area (Å²) in [6.07, 6.45) is 4.12. The molecule has 1 atom stereocenters. The summed E-state index contributed by atoms with van der Waals surface area (Å²) >= 11 is 0. The summed E-state index contributed by atoms with van der Waals surface area (Å²) < 4.78 is 0. The van der Waals surface area contributed by atoms with Crippen LogP contribution in [0.5, 0.6) is 0 Å². The maximum absolute atomic E-state index is 12.2. The van der Waals surface area contributed by atoms with Crippen LogP contribution in [0.25, 0.3) is 0 Å². The Bertz CT molecular complexity index is 419. The van der Waals surface area contributed by atoms with Gasteiger partial charge >= 0.3 is 0 Å². The number of rotatable bonds is 2. The summed E-state index contributed by atoms with van der Waals surface area (Å²) in [5.74, 6) is 0.405. The van der Waals surface area contributed by atoms with Gasteiger partial charge < -0.3 is 10.6 Å². The molecule has 1 aliphatic heterocycles. The minimum atomic E-state index is 0. The molecule has 2 aliphatic rings. The first kappa shape index (κ1) is 14.4. The van der Waals surface area contributed by atoms with Crippen LogP contribution in [0, 0.1) is 5.92 Å². The number of hydrogen-bond acceptors (Lipinski definition) is 2. The summed E-state index contributed by atoms with van der Waals surface area (Å²) in [4.78, 5) is 12.2. The molecule has 1 aromatic rings. The van der Waals surface area contributed by atoms with E-state index in [2.05, 4.69) is 34.9 Å². The number of benzene rings is 1. The molecule has 2 N–H and O–H groups in total. The van der Waals surface area contributed by atoms with Crippen molar-refractivity contribution in [3.05, 3.63) is 35.4 Å². The van der Waals surface area contributed by atoms with E-state index in [1.54, 1.807) is 0 Å². The first-order chi connectivity index (χ1) is 8.83. The van der Waals surface area contributed by atoms with Gasteiger partial charge in [-0.1, -0.05) is 24.3 Å². The Balaban J connectivity index is 0.00000133. The minimum Gasteiger partial charge on any atom is -0.352 e. The van der Waals surface area contributed by atoms with Crippen molar-refractivity contribution in [1.82, 2.24) is 10.6 Å². The highest BCUT2D eigenvalue weighted by molar-refractivity contribution is 5.85. The van der Waals surface area contributed by atoms with Crippen molar-refractivity contribution in [2.24, 2.45) is 5.92 Å². The summed E-state index contributed by atoms with van der Waals surface area (Å²) in [6, 6.07) is 8.80. The minimum absolute atomic E-state index is 0. The third-order valence-electron chi connectivity index (χ3n) is 4.07. The zero-order chi connectivity index (χ0) is 12.4. The Hall–Kier alpha value is -1.06. The molecule has 104 valence electrons. The molecule has 1 heterocycles. The molecule has 0 radical (unpaired) electrons. The van der Waals surface area contributed by atoms with Crippen molar-refractivity contribution >= 4 is 18.3 Å². The lowest BCUT2D eigenvalue weighted by Crippen LogP contribution is -2.44. The Labute approximate surface area is 120 Å². The van der Waals surface area contributed by atoms with Gasteiger partial charge in [-0.3, -0.25) is 4.79 Å². The lowest BCUT2D eigenvalue weighted by atomic mass is 9.98. The molecule has 1 fully saturated rings. The van der Waals surface area contributed by atoms with E-state index in [0.717, 1.165) is 38.8 Å². The molecule has 0 spiro atoms. The number of hydrogen-bond donors (Lipinski definition) is 2. The smallest absolute Gasteiger partial charge is 0.224 e. The average molecular weight is 281 g/mol. The van der Waals surface area contributed by atoms with Crippen LogP contribution < -0.4 is 10.6 Å². The van der Waals surface area contributed by atoms with E-state index in [4.69, 9.17) is 0 Å². The number of amides is 1. The summed E-state index contributed by atoms with van der Waals surface area (Å²) in [6.45, 7) is 1.89. The van der Waals surface area contributed by atoms with Gasteiger partial charge in [-0.15, -0.1) is 12.4 Å². The van der Waals surface area contributed by atoms with Crippen molar-refractivity contribution in [2.45, 2.75) is 31.7 Å². The third-order valence-corrected chi connectivity index (χ3v) is 4.07. The van der Waals surface area contributed by atoms with Crippen LogP contribution in [0.4, 0.5) is 0 Å². The van der Waals surface area contributed by atoms with Crippen LogP contribution in [-0.4, -0.2) is 25.0 Å². The van der Waals surface area contributed by atoms with Crippen molar-refractivity contribution in [3.8, 4) is 0 Å². The second-order valence-corrected chi connectivity index (χ2v) is 5.43. The fraction of sp³-hybridized carbons (Fsp3) is 0.533. The van der Waals surface area contributed by atoms with E-state index in [9.17, 15) is 4.79 Å². The quantitative estimate of drug-likeness (QED) is 0.866. The summed E-state index contributed by atoms with van der Waals surface area (Å²) in [7, 11) is 0. The van der Waals surface area contributed by atoms with E-state index >= 15 is 0 Å². The van der Waals surface area contributed by atoms with Gasteiger partial charge in [0.05, 0.1) is 5.92 Å². The van der Waals surface area contributed by atoms with Crippen molar-refractivity contribution in [3.63, 3.8) is 0 Å². The molecular weight excluding hydrogens is 260 g/mol. The second kappa shape index (κ2) is 6.40. The molecule has 1 aromatic carbocycles. The van der Waals surface area contributed by atoms with Crippen LogP contribution in [0.15, 0.2) is 24.3 Å². The molecule has 19 heavy (non-hydrogen) atoms. The first-order valence-electron chi connectivity index (χ1n) is 6.91. The van der Waals surface area contributed by atoms with E-state index in [1.807, 2.05) is 0 Å². The molecule has 1 aliphatic carbocycles. The van der Waals surface area contributed by atoms with E-state index in [1.165, 1.54) is 11.1 Å². The second-order valence-electron chi connectivity index (χ2n) is 5.43. The highest BCUT2D eigenvalue weighted by atomic mass is 35.5. The van der Waals surface area contributed by atoms with Gasteiger partial charge in [0.2, 0.25) is 5.91 Å². The summed E-state index contributed by atoms with van der Waals surface area (Å²) in [5, 5.41) is 6.51. The van der Waals surface area contributed by atoms with Crippen molar-refractivity contribution in [1.29, 1.82) is 0 Å². The van der Waals surface area contributed by atoms with Gasteiger partial charge in [-0.2, -0.15) is 0 Å². The highest BCUT2D eigenvalue weighted by Gasteiger charge is 2.26. The van der Waals surface area contributed by atoms with Gasteiger partial charge in [-0.25, -0.2) is 0 Å². The number of piperidine rings is 1. The molecule has 1 saturated heterocycles. The van der Waals surface area contributed by atoms with Crippen LogP contribution in [-0.2, 0) is 17.6 Å². The molecule has 1 unspecified atom stereocenters. The maximum Gasteiger partial charge on any atom is 0.224 e. The Kier molecular flexibility index (Phi) is 4.83. The van der Waals surface area contributed by atoms with Crippen molar-refractivity contribution < 1.29 is 4.79 Å². The fourth-order valence-electron chi connectivity index (χ4n) is 3.06. The average Bonchev–Trinajstić information content (AvgIpc) is 2.82. The Morgan fingerprint density at radius 1 is 1.21 bits per heavy atom. The largest absolute Gasteiger partial charge is 0.352 e. The molecule has 3 nitrogen and oxygen atoms in total. The zero-order valence-corrected chi connectivity index (χ0v) is 11.8. The van der Waals surface area contributed by atoms with Gasteiger partial charge in [0.1, 0.15) is 0 Å². The number of carbonyl (C=O) groups is 1. The van der Waals surface area contributed by atoms with E-state index in [0.29, 0.717) is 6.04 Å². The maximum atomic E-state index is 12.2. The zero-order valence-electron chi connectivity index (χ0n) is 11.0. The highest BCUT2D eigenvalue weighted by Crippen LogP contribution is 2.22. The lowest BCUT2D eigenvalue weighted by molar-refractivity contribution is -0.126. The van der Waals surface area contributed by atoms with Crippen molar-refractivity contribution in [2.75, 3.05) is 13.1 Å². The predicted molar refractivity (Wildman–Crippen MR) is 78.6 cm³/mol. The monoisotopic (exact) mass is 280 g/mol. The molecule has 4 heteroatoms. The fourth-order valence-corrected chi connectivity index (χ4v) is 3.06. The molecular formula is C15H21ClN2O. The number of nitrogens with one attached hydrogen (secondary N) is 2. The number of halogens is 1. The molecule has 3 rings (SSSR count). The van der Waals surface area contributed by atoms with Gasteiger partial charge in [0.25, 0.3) is 0 Å². The van der Waals surface area contributed by atoms with Crippen LogP contribution in [0.2, 0.25) is 0 Å². The topological polar surface area (TPSA) is 41.1 Å². The number of carbonyl (C=O) groups excluding carboxylic acids is 1. The molecule has 0 aromatic heterocycles. The van der Waals surface area contributed by atoms with Crippen LogP contribution >= 0.6 is 12.4 Å². The van der Waals surface area contributed by atoms with Gasteiger partial charge in [0.15, 0.2) is 0 Å². The van der Waals surface area contributed by atoms with E-state index < -0.39 is 0 Å². The van der Waals surface area contributed by atoms with Crippen LogP contribution in [0.1, 0.15) is 24.0 Å². The normalized spacial score (nSPS) is 22.4. The molecule has 0 bridgehead atoms.